The summed E-state index contributed by atoms with van der Waals surface area (Å²) in [7, 11) is 0. The smallest absolute Gasteiger partial charge is 0.0431 e. The first-order valence-electron chi connectivity index (χ1n) is 6.31. The average molecular weight is 203 g/mol. The van der Waals surface area contributed by atoms with Crippen LogP contribution in [0.3, 0.4) is 0 Å². The number of benzene rings is 1. The third kappa shape index (κ3) is 1.88. The second kappa shape index (κ2) is 4.69. The van der Waals surface area contributed by atoms with Gasteiger partial charge in [-0.15, -0.1) is 0 Å². The molecular weight excluding hydrogens is 182 g/mol. The van der Waals surface area contributed by atoms with Gasteiger partial charge in [-0.2, -0.15) is 0 Å². The Labute approximate surface area is 93.1 Å². The van der Waals surface area contributed by atoms with Crippen LogP contribution < -0.4 is 4.90 Å². The summed E-state index contributed by atoms with van der Waals surface area (Å²) in [4.78, 5) is 2.58. The van der Waals surface area contributed by atoms with E-state index in [4.69, 9.17) is 0 Å². The molecule has 0 spiro atoms. The maximum Gasteiger partial charge on any atom is 0.0431 e. The van der Waals surface area contributed by atoms with Gasteiger partial charge in [-0.3, -0.25) is 0 Å². The Kier molecular flexibility index (Phi) is 3.30. The van der Waals surface area contributed by atoms with Crippen molar-refractivity contribution in [2.45, 2.75) is 39.5 Å². The van der Waals surface area contributed by atoms with Crippen molar-refractivity contribution in [3.05, 3.63) is 29.3 Å². The summed E-state index contributed by atoms with van der Waals surface area (Å²) in [5.74, 6) is 0. The van der Waals surface area contributed by atoms with Crippen molar-refractivity contribution >= 4 is 5.69 Å². The molecule has 0 saturated carbocycles. The van der Waals surface area contributed by atoms with Gasteiger partial charge in [-0.05, 0) is 36.8 Å². The van der Waals surface area contributed by atoms with E-state index in [0.29, 0.717) is 0 Å². The number of para-hydroxylation sites is 1. The topological polar surface area (TPSA) is 3.24 Å². The molecule has 15 heavy (non-hydrogen) atoms. The SMILES string of the molecule is CC.c1cc2c3c(c1)CCCN3CCC2. The lowest BCUT2D eigenvalue weighted by atomic mass is 9.92. The molecule has 1 aromatic rings. The van der Waals surface area contributed by atoms with E-state index in [0.717, 1.165) is 0 Å². The quantitative estimate of drug-likeness (QED) is 0.624. The van der Waals surface area contributed by atoms with Crippen LogP contribution >= 0.6 is 0 Å². The molecule has 3 rings (SSSR count). The van der Waals surface area contributed by atoms with Crippen molar-refractivity contribution in [1.29, 1.82) is 0 Å². The summed E-state index contributed by atoms with van der Waals surface area (Å²) in [6.07, 6.45) is 5.27. The molecule has 0 N–H and O–H groups in total. The molecule has 2 aliphatic heterocycles. The molecule has 1 heteroatoms. The highest BCUT2D eigenvalue weighted by Gasteiger charge is 2.22. The largest absolute Gasteiger partial charge is 0.371 e. The summed E-state index contributed by atoms with van der Waals surface area (Å²) < 4.78 is 0. The Morgan fingerprint density at radius 3 is 2.00 bits per heavy atom. The van der Waals surface area contributed by atoms with E-state index >= 15 is 0 Å². The lowest BCUT2D eigenvalue weighted by Gasteiger charge is -2.36. The zero-order chi connectivity index (χ0) is 10.7. The third-order valence-electron chi connectivity index (χ3n) is 3.27. The number of aryl methyl sites for hydroxylation is 2. The van der Waals surface area contributed by atoms with Crippen LogP contribution in [0.15, 0.2) is 18.2 Å². The van der Waals surface area contributed by atoms with Crippen LogP contribution in [0.25, 0.3) is 0 Å². The molecule has 0 fully saturated rings. The van der Waals surface area contributed by atoms with Crippen LogP contribution in [0.2, 0.25) is 0 Å². The fraction of sp³-hybridized carbons (Fsp3) is 0.571. The van der Waals surface area contributed by atoms with Crippen molar-refractivity contribution in [2.24, 2.45) is 0 Å². The van der Waals surface area contributed by atoms with E-state index in [1.54, 1.807) is 16.8 Å². The van der Waals surface area contributed by atoms with Gasteiger partial charge in [0.05, 0.1) is 0 Å². The Morgan fingerprint density at radius 2 is 1.47 bits per heavy atom. The minimum Gasteiger partial charge on any atom is -0.371 e. The molecule has 0 amide bonds. The van der Waals surface area contributed by atoms with E-state index in [9.17, 15) is 0 Å². The first-order chi connectivity index (χ1) is 7.45. The summed E-state index contributed by atoms with van der Waals surface area (Å²) >= 11 is 0. The number of hydrogen-bond donors (Lipinski definition) is 0. The Balaban J connectivity index is 0.000000404. The lowest BCUT2D eigenvalue weighted by Crippen LogP contribution is -2.34. The summed E-state index contributed by atoms with van der Waals surface area (Å²) in [5.41, 5.74) is 4.76. The summed E-state index contributed by atoms with van der Waals surface area (Å²) in [6.45, 7) is 6.56. The zero-order valence-electron chi connectivity index (χ0n) is 9.92. The van der Waals surface area contributed by atoms with Gasteiger partial charge in [-0.25, -0.2) is 0 Å². The van der Waals surface area contributed by atoms with E-state index in [1.807, 2.05) is 13.8 Å². The van der Waals surface area contributed by atoms with Crippen molar-refractivity contribution in [3.8, 4) is 0 Å². The monoisotopic (exact) mass is 203 g/mol. The predicted octanol–water partition coefficient (Wildman–Crippen LogP) is 3.41. The zero-order valence-corrected chi connectivity index (χ0v) is 9.92. The average Bonchev–Trinajstić information content (AvgIpc) is 2.33. The van der Waals surface area contributed by atoms with Gasteiger partial charge in [0.15, 0.2) is 0 Å². The van der Waals surface area contributed by atoms with Crippen LogP contribution in [0, 0.1) is 0 Å². The first kappa shape index (κ1) is 10.5. The maximum absolute atomic E-state index is 2.58. The molecule has 0 unspecified atom stereocenters. The van der Waals surface area contributed by atoms with Crippen molar-refractivity contribution in [1.82, 2.24) is 0 Å². The van der Waals surface area contributed by atoms with Gasteiger partial charge in [-0.1, -0.05) is 32.0 Å². The van der Waals surface area contributed by atoms with Gasteiger partial charge in [0.1, 0.15) is 0 Å². The van der Waals surface area contributed by atoms with Crippen LogP contribution in [0.1, 0.15) is 37.8 Å². The number of hydrogen-bond acceptors (Lipinski definition) is 1. The van der Waals surface area contributed by atoms with Crippen molar-refractivity contribution in [3.63, 3.8) is 0 Å². The molecule has 0 radical (unpaired) electrons. The molecule has 0 aliphatic carbocycles. The molecule has 1 aromatic carbocycles. The standard InChI is InChI=1S/C12H15N.C2H6/c1-4-10-6-2-8-13-9-3-7-11(5-1)12(10)13;1-2/h1,4-5H,2-3,6-9H2;1-2H3. The van der Waals surface area contributed by atoms with Crippen LogP contribution in [0.5, 0.6) is 0 Å². The fourth-order valence-electron chi connectivity index (χ4n) is 2.71. The highest BCUT2D eigenvalue weighted by atomic mass is 15.1. The number of rotatable bonds is 0. The van der Waals surface area contributed by atoms with Gasteiger partial charge in [0, 0.05) is 18.8 Å². The predicted molar refractivity (Wildman–Crippen MR) is 66.6 cm³/mol. The third-order valence-corrected chi connectivity index (χ3v) is 3.27. The highest BCUT2D eigenvalue weighted by Crippen LogP contribution is 2.34. The lowest BCUT2D eigenvalue weighted by molar-refractivity contribution is 0.634. The van der Waals surface area contributed by atoms with E-state index in [1.165, 1.54) is 38.8 Å². The molecule has 0 aromatic heterocycles. The fourth-order valence-corrected chi connectivity index (χ4v) is 2.71. The normalized spacial score (nSPS) is 17.6. The molecule has 0 saturated heterocycles. The minimum absolute atomic E-state index is 1.28. The Hall–Kier alpha value is -0.980. The summed E-state index contributed by atoms with van der Waals surface area (Å²) in [5, 5.41) is 0. The van der Waals surface area contributed by atoms with Crippen LogP contribution in [-0.4, -0.2) is 13.1 Å². The van der Waals surface area contributed by atoms with Crippen molar-refractivity contribution in [2.75, 3.05) is 18.0 Å². The second-order valence-corrected chi connectivity index (χ2v) is 4.12. The minimum atomic E-state index is 1.28. The molecular formula is C14H21N. The first-order valence-corrected chi connectivity index (χ1v) is 6.31. The van der Waals surface area contributed by atoms with E-state index in [-0.39, 0.29) is 0 Å². The van der Waals surface area contributed by atoms with Gasteiger partial charge in [0.2, 0.25) is 0 Å². The highest BCUT2D eigenvalue weighted by molar-refractivity contribution is 5.62. The van der Waals surface area contributed by atoms with E-state index in [2.05, 4.69) is 23.1 Å². The Morgan fingerprint density at radius 1 is 0.933 bits per heavy atom. The van der Waals surface area contributed by atoms with Crippen LogP contribution in [-0.2, 0) is 12.8 Å². The molecule has 2 aliphatic rings. The number of anilines is 1. The van der Waals surface area contributed by atoms with Gasteiger partial charge >= 0.3 is 0 Å². The Bertz CT molecular complexity index is 302. The maximum atomic E-state index is 2.58. The molecule has 82 valence electrons. The van der Waals surface area contributed by atoms with Gasteiger partial charge in [0.25, 0.3) is 0 Å². The molecule has 0 bridgehead atoms. The second-order valence-electron chi connectivity index (χ2n) is 4.12. The van der Waals surface area contributed by atoms with Gasteiger partial charge < -0.3 is 4.90 Å². The number of nitrogens with zero attached hydrogens (tertiary/aromatic N) is 1. The summed E-state index contributed by atoms with van der Waals surface area (Å²) in [6, 6.07) is 6.83. The molecule has 1 nitrogen and oxygen atoms in total. The van der Waals surface area contributed by atoms with Crippen LogP contribution in [0.4, 0.5) is 5.69 Å². The molecule has 0 atom stereocenters. The van der Waals surface area contributed by atoms with Crippen molar-refractivity contribution < 1.29 is 0 Å². The molecule has 2 heterocycles. The van der Waals surface area contributed by atoms with E-state index < -0.39 is 0 Å².